The summed E-state index contributed by atoms with van der Waals surface area (Å²) in [5, 5.41) is 5.85. The van der Waals surface area contributed by atoms with Crippen LogP contribution in [-0.4, -0.2) is 24.4 Å². The van der Waals surface area contributed by atoms with Crippen LogP contribution in [0.1, 0.15) is 24.9 Å². The fourth-order valence-electron chi connectivity index (χ4n) is 2.36. The first-order valence-electron chi connectivity index (χ1n) is 8.18. The largest absolute Gasteiger partial charge is 0.455 e. The second-order valence-corrected chi connectivity index (χ2v) is 7.04. The fourth-order valence-corrected chi connectivity index (χ4v) is 2.95. The van der Waals surface area contributed by atoms with Crippen molar-refractivity contribution in [2.24, 2.45) is 0 Å². The number of ether oxygens (including phenoxy) is 1. The van der Waals surface area contributed by atoms with Gasteiger partial charge in [-0.2, -0.15) is 0 Å². The number of halogens is 3. The van der Waals surface area contributed by atoms with E-state index < -0.39 is 24.5 Å². The molecule has 0 radical (unpaired) electrons. The Morgan fingerprint density at radius 2 is 1.64 bits per heavy atom. The third kappa shape index (κ3) is 6.71. The molecule has 0 spiro atoms. The van der Waals surface area contributed by atoms with E-state index in [1.165, 1.54) is 19.1 Å². The van der Waals surface area contributed by atoms with Gasteiger partial charge in [0.05, 0.1) is 33.2 Å². The molecule has 0 bridgehead atoms. The third-order valence-electron chi connectivity index (χ3n) is 3.60. The van der Waals surface area contributed by atoms with Crippen LogP contribution in [0.3, 0.4) is 0 Å². The lowest BCUT2D eigenvalue weighted by Gasteiger charge is -2.17. The summed E-state index contributed by atoms with van der Waals surface area (Å²) in [5.41, 5.74) is 0.999. The second-order valence-electron chi connectivity index (χ2n) is 5.82. The summed E-state index contributed by atoms with van der Waals surface area (Å²) in [4.78, 5) is 35.5. The molecular weight excluding hydrogens is 427 g/mol. The van der Waals surface area contributed by atoms with Crippen LogP contribution < -0.4 is 10.6 Å². The van der Waals surface area contributed by atoms with E-state index in [-0.39, 0.29) is 33.1 Å². The van der Waals surface area contributed by atoms with Gasteiger partial charge in [-0.05, 0) is 17.7 Å². The van der Waals surface area contributed by atoms with Gasteiger partial charge in [-0.25, -0.2) is 0 Å². The Labute approximate surface area is 177 Å². The van der Waals surface area contributed by atoms with Crippen LogP contribution in [0.25, 0.3) is 0 Å². The van der Waals surface area contributed by atoms with E-state index in [9.17, 15) is 14.4 Å². The minimum absolute atomic E-state index is 0.121. The molecule has 0 saturated carbocycles. The van der Waals surface area contributed by atoms with Gasteiger partial charge in [0.1, 0.15) is 0 Å². The standard InChI is InChI=1S/C19H17Cl3N2O4/c1-11(25)23-16(12-5-3-2-4-6-12)9-19(27)28-10-18(26)24-17-8-14(21)13(20)7-15(17)22/h2-8,16H,9-10H2,1H3,(H,23,25)(H,24,26). The summed E-state index contributed by atoms with van der Waals surface area (Å²) in [6.07, 6.45) is -0.121. The molecule has 0 saturated heterocycles. The number of amides is 2. The van der Waals surface area contributed by atoms with E-state index in [0.29, 0.717) is 0 Å². The summed E-state index contributed by atoms with van der Waals surface area (Å²) < 4.78 is 5.00. The molecular formula is C19H17Cl3N2O4. The number of benzene rings is 2. The number of hydrogen-bond acceptors (Lipinski definition) is 4. The van der Waals surface area contributed by atoms with E-state index in [2.05, 4.69) is 10.6 Å². The molecule has 2 N–H and O–H groups in total. The maximum Gasteiger partial charge on any atom is 0.308 e. The summed E-state index contributed by atoms with van der Waals surface area (Å²) >= 11 is 17.7. The highest BCUT2D eigenvalue weighted by atomic mass is 35.5. The van der Waals surface area contributed by atoms with Gasteiger partial charge < -0.3 is 15.4 Å². The molecule has 9 heteroatoms. The van der Waals surface area contributed by atoms with Crippen molar-refractivity contribution in [1.29, 1.82) is 0 Å². The molecule has 0 heterocycles. The average molecular weight is 444 g/mol. The molecule has 0 fully saturated rings. The van der Waals surface area contributed by atoms with Crippen LogP contribution in [-0.2, 0) is 19.1 Å². The molecule has 0 aliphatic carbocycles. The van der Waals surface area contributed by atoms with Crippen LogP contribution in [0.2, 0.25) is 15.1 Å². The van der Waals surface area contributed by atoms with E-state index in [4.69, 9.17) is 39.5 Å². The quantitative estimate of drug-likeness (QED) is 0.491. The first kappa shape index (κ1) is 22.0. The van der Waals surface area contributed by atoms with Gasteiger partial charge in [-0.1, -0.05) is 65.1 Å². The topological polar surface area (TPSA) is 84.5 Å². The Bertz CT molecular complexity index is 875. The Morgan fingerprint density at radius 3 is 2.29 bits per heavy atom. The van der Waals surface area contributed by atoms with E-state index in [1.807, 2.05) is 6.07 Å². The summed E-state index contributed by atoms with van der Waals surface area (Å²) in [5.74, 6) is -1.52. The van der Waals surface area contributed by atoms with Gasteiger partial charge in [-0.15, -0.1) is 0 Å². The minimum Gasteiger partial charge on any atom is -0.455 e. The summed E-state index contributed by atoms with van der Waals surface area (Å²) in [7, 11) is 0. The molecule has 2 rings (SSSR count). The van der Waals surface area contributed by atoms with Gasteiger partial charge in [-0.3, -0.25) is 14.4 Å². The Hall–Kier alpha value is -2.28. The fraction of sp³-hybridized carbons (Fsp3) is 0.211. The first-order valence-corrected chi connectivity index (χ1v) is 9.31. The normalized spacial score (nSPS) is 11.4. The smallest absolute Gasteiger partial charge is 0.308 e. The lowest BCUT2D eigenvalue weighted by atomic mass is 10.0. The second kappa shape index (κ2) is 10.3. The lowest BCUT2D eigenvalue weighted by Crippen LogP contribution is -2.29. The maximum atomic E-state index is 12.1. The highest BCUT2D eigenvalue weighted by Gasteiger charge is 2.19. The molecule has 2 aromatic rings. The molecule has 2 amide bonds. The molecule has 0 aliphatic rings. The predicted octanol–water partition coefficient (Wildman–Crippen LogP) is 4.40. The first-order chi connectivity index (χ1) is 13.3. The van der Waals surface area contributed by atoms with Gasteiger partial charge in [0.2, 0.25) is 5.91 Å². The van der Waals surface area contributed by atoms with Crippen LogP contribution in [0.15, 0.2) is 42.5 Å². The Morgan fingerprint density at radius 1 is 1.00 bits per heavy atom. The molecule has 2 aromatic carbocycles. The van der Waals surface area contributed by atoms with Gasteiger partial charge in [0.15, 0.2) is 6.61 Å². The van der Waals surface area contributed by atoms with Crippen LogP contribution in [0, 0.1) is 0 Å². The monoisotopic (exact) mass is 442 g/mol. The number of carbonyl (C=O) groups is 3. The van der Waals surface area contributed by atoms with Gasteiger partial charge >= 0.3 is 5.97 Å². The Balaban J connectivity index is 1.92. The SMILES string of the molecule is CC(=O)NC(CC(=O)OCC(=O)Nc1cc(Cl)c(Cl)cc1Cl)c1ccccc1. The van der Waals surface area contributed by atoms with Gasteiger partial charge in [0, 0.05) is 6.92 Å². The zero-order valence-electron chi connectivity index (χ0n) is 14.8. The molecule has 28 heavy (non-hydrogen) atoms. The van der Waals surface area contributed by atoms with Crippen molar-refractivity contribution in [3.05, 3.63) is 63.1 Å². The number of hydrogen-bond donors (Lipinski definition) is 2. The van der Waals surface area contributed by atoms with Crippen molar-refractivity contribution in [3.8, 4) is 0 Å². The number of nitrogens with one attached hydrogen (secondary N) is 2. The van der Waals surface area contributed by atoms with E-state index in [0.717, 1.165) is 5.56 Å². The van der Waals surface area contributed by atoms with Gasteiger partial charge in [0.25, 0.3) is 5.91 Å². The van der Waals surface area contributed by atoms with Crippen molar-refractivity contribution in [3.63, 3.8) is 0 Å². The molecule has 0 aliphatic heterocycles. The average Bonchev–Trinajstić information content (AvgIpc) is 2.64. The number of rotatable bonds is 7. The lowest BCUT2D eigenvalue weighted by molar-refractivity contribution is -0.148. The molecule has 6 nitrogen and oxygen atoms in total. The van der Waals surface area contributed by atoms with Crippen LogP contribution >= 0.6 is 34.8 Å². The van der Waals surface area contributed by atoms with Crippen LogP contribution in [0.5, 0.6) is 0 Å². The molecule has 148 valence electrons. The molecule has 0 aromatic heterocycles. The maximum absolute atomic E-state index is 12.1. The third-order valence-corrected chi connectivity index (χ3v) is 4.63. The van der Waals surface area contributed by atoms with Crippen molar-refractivity contribution in [1.82, 2.24) is 5.32 Å². The zero-order valence-corrected chi connectivity index (χ0v) is 17.1. The zero-order chi connectivity index (χ0) is 20.7. The van der Waals surface area contributed by atoms with Crippen LogP contribution in [0.4, 0.5) is 5.69 Å². The minimum atomic E-state index is -0.641. The van der Waals surface area contributed by atoms with Crippen molar-refractivity contribution in [2.75, 3.05) is 11.9 Å². The molecule has 1 unspecified atom stereocenters. The summed E-state index contributed by atoms with van der Waals surface area (Å²) in [6, 6.07) is 11.2. The summed E-state index contributed by atoms with van der Waals surface area (Å²) in [6.45, 7) is 0.840. The van der Waals surface area contributed by atoms with E-state index in [1.54, 1.807) is 24.3 Å². The van der Waals surface area contributed by atoms with E-state index >= 15 is 0 Å². The highest BCUT2D eigenvalue weighted by molar-refractivity contribution is 6.44. The number of anilines is 1. The van der Waals surface area contributed by atoms with Crippen molar-refractivity contribution < 1.29 is 19.1 Å². The predicted molar refractivity (Wildman–Crippen MR) is 109 cm³/mol. The number of carbonyl (C=O) groups excluding carboxylic acids is 3. The molecule has 1 atom stereocenters. The Kier molecular flexibility index (Phi) is 8.11. The van der Waals surface area contributed by atoms with Crippen molar-refractivity contribution in [2.45, 2.75) is 19.4 Å². The highest BCUT2D eigenvalue weighted by Crippen LogP contribution is 2.32. The van der Waals surface area contributed by atoms with Crippen molar-refractivity contribution >= 4 is 58.3 Å². The number of esters is 1.